The summed E-state index contributed by atoms with van der Waals surface area (Å²) >= 11 is 17.7. The molecule has 0 bridgehead atoms. The lowest BCUT2D eigenvalue weighted by Gasteiger charge is -2.21. The highest BCUT2D eigenvalue weighted by Gasteiger charge is 2.27. The number of ether oxygens (including phenoxy) is 2. The molecule has 6 nitrogen and oxygen atoms in total. The first-order valence-corrected chi connectivity index (χ1v) is 8.54. The fraction of sp³-hybridized carbons (Fsp3) is 0.438. The van der Waals surface area contributed by atoms with E-state index >= 15 is 0 Å². The summed E-state index contributed by atoms with van der Waals surface area (Å²) in [6.07, 6.45) is 0.646. The molecule has 138 valence electrons. The van der Waals surface area contributed by atoms with Crippen LogP contribution in [0.1, 0.15) is 30.6 Å². The van der Waals surface area contributed by atoms with Crippen molar-refractivity contribution in [2.75, 3.05) is 13.7 Å². The minimum Gasteiger partial charge on any atom is -0.467 e. The topological polar surface area (TPSA) is 81.7 Å². The smallest absolute Gasteiger partial charge is 0.341 e. The number of methoxy groups -OCH3 is 1. The molecule has 1 aromatic rings. The van der Waals surface area contributed by atoms with Gasteiger partial charge in [0, 0.05) is 0 Å². The molecule has 0 saturated heterocycles. The fourth-order valence-electron chi connectivity index (χ4n) is 1.93. The lowest BCUT2D eigenvalue weighted by atomic mass is 9.99. The monoisotopic (exact) mass is 409 g/mol. The molecule has 0 heterocycles. The third-order valence-electron chi connectivity index (χ3n) is 3.57. The Morgan fingerprint density at radius 1 is 1.16 bits per heavy atom. The standard InChI is InChI=1S/C16H18Cl3NO5/c1-4-8(2)14(16(23)24-3)20-11(21)7-25-15(22)12-9(17)5-6-10(18)13(12)19/h5-6,8,14H,4,7H2,1-3H3,(H,20,21)/t8-,14+/m0/s1. The quantitative estimate of drug-likeness (QED) is 0.549. The number of benzene rings is 1. The minimum atomic E-state index is -0.897. The molecular formula is C16H18Cl3NO5. The van der Waals surface area contributed by atoms with Gasteiger partial charge < -0.3 is 14.8 Å². The third-order valence-corrected chi connectivity index (χ3v) is 4.69. The van der Waals surface area contributed by atoms with Gasteiger partial charge in [0.2, 0.25) is 0 Å². The Morgan fingerprint density at radius 2 is 1.76 bits per heavy atom. The van der Waals surface area contributed by atoms with Crippen LogP contribution in [0.5, 0.6) is 0 Å². The second-order valence-electron chi connectivity index (χ2n) is 5.25. The van der Waals surface area contributed by atoms with E-state index in [0.717, 1.165) is 0 Å². The third kappa shape index (κ3) is 5.76. The predicted molar refractivity (Wildman–Crippen MR) is 95.2 cm³/mol. The Balaban J connectivity index is 2.74. The van der Waals surface area contributed by atoms with E-state index in [2.05, 4.69) is 10.1 Å². The number of hydrogen-bond donors (Lipinski definition) is 1. The predicted octanol–water partition coefficient (Wildman–Crippen LogP) is 3.51. The first-order valence-electron chi connectivity index (χ1n) is 7.40. The number of nitrogens with one attached hydrogen (secondary N) is 1. The zero-order valence-corrected chi connectivity index (χ0v) is 16.2. The number of carbonyl (C=O) groups excluding carboxylic acids is 3. The maximum atomic E-state index is 12.1. The van der Waals surface area contributed by atoms with Crippen LogP contribution >= 0.6 is 34.8 Å². The van der Waals surface area contributed by atoms with Gasteiger partial charge in [-0.2, -0.15) is 0 Å². The van der Waals surface area contributed by atoms with Crippen LogP contribution in [0.25, 0.3) is 0 Å². The second kappa shape index (κ2) is 9.85. The van der Waals surface area contributed by atoms with Crippen molar-refractivity contribution in [3.63, 3.8) is 0 Å². The molecule has 0 unspecified atom stereocenters. The zero-order chi connectivity index (χ0) is 19.1. The van der Waals surface area contributed by atoms with E-state index in [1.165, 1.54) is 19.2 Å². The van der Waals surface area contributed by atoms with Crippen LogP contribution in [-0.4, -0.2) is 37.6 Å². The van der Waals surface area contributed by atoms with Crippen molar-refractivity contribution in [2.45, 2.75) is 26.3 Å². The molecule has 0 aliphatic rings. The maximum absolute atomic E-state index is 12.1. The SMILES string of the molecule is CC[C@H](C)[C@@H](NC(=O)COC(=O)c1c(Cl)ccc(Cl)c1Cl)C(=O)OC. The molecule has 1 N–H and O–H groups in total. The van der Waals surface area contributed by atoms with E-state index in [1.54, 1.807) is 6.92 Å². The van der Waals surface area contributed by atoms with Gasteiger partial charge in [0.05, 0.1) is 27.7 Å². The summed E-state index contributed by atoms with van der Waals surface area (Å²) in [5.74, 6) is -2.27. The molecular weight excluding hydrogens is 393 g/mol. The van der Waals surface area contributed by atoms with Crippen molar-refractivity contribution in [3.05, 3.63) is 32.8 Å². The minimum absolute atomic E-state index is 0.0480. The normalized spacial score (nSPS) is 12.9. The summed E-state index contributed by atoms with van der Waals surface area (Å²) in [6.45, 7) is 3.05. The van der Waals surface area contributed by atoms with Gasteiger partial charge >= 0.3 is 11.9 Å². The molecule has 0 radical (unpaired) electrons. The highest BCUT2D eigenvalue weighted by molar-refractivity contribution is 6.46. The van der Waals surface area contributed by atoms with Gasteiger partial charge in [-0.15, -0.1) is 0 Å². The van der Waals surface area contributed by atoms with Crippen LogP contribution in [0.2, 0.25) is 15.1 Å². The summed E-state index contributed by atoms with van der Waals surface area (Å²) in [5.41, 5.74) is -0.130. The molecule has 0 aliphatic heterocycles. The first kappa shape index (κ1) is 21.5. The molecule has 1 rings (SSSR count). The average Bonchev–Trinajstić information content (AvgIpc) is 2.60. The van der Waals surface area contributed by atoms with Gasteiger partial charge in [-0.25, -0.2) is 9.59 Å². The van der Waals surface area contributed by atoms with Crippen molar-refractivity contribution in [1.29, 1.82) is 0 Å². The van der Waals surface area contributed by atoms with Crippen molar-refractivity contribution in [3.8, 4) is 0 Å². The van der Waals surface area contributed by atoms with Crippen LogP contribution in [-0.2, 0) is 19.1 Å². The zero-order valence-electron chi connectivity index (χ0n) is 13.9. The fourth-order valence-corrected chi connectivity index (χ4v) is 2.61. The highest BCUT2D eigenvalue weighted by atomic mass is 35.5. The number of halogens is 3. The van der Waals surface area contributed by atoms with Gasteiger partial charge in [0.1, 0.15) is 6.04 Å². The Labute approximate surface area is 160 Å². The summed E-state index contributed by atoms with van der Waals surface area (Å²) in [7, 11) is 1.23. The number of esters is 2. The molecule has 0 aromatic heterocycles. The van der Waals surface area contributed by atoms with Gasteiger partial charge in [0.25, 0.3) is 5.91 Å². The van der Waals surface area contributed by atoms with E-state index in [1.807, 2.05) is 6.92 Å². The van der Waals surface area contributed by atoms with Crippen molar-refractivity contribution >= 4 is 52.6 Å². The van der Waals surface area contributed by atoms with E-state index in [9.17, 15) is 14.4 Å². The van der Waals surface area contributed by atoms with E-state index in [4.69, 9.17) is 39.5 Å². The Hall–Kier alpha value is -1.50. The Kier molecular flexibility index (Phi) is 8.48. The van der Waals surface area contributed by atoms with Crippen LogP contribution in [0.15, 0.2) is 12.1 Å². The van der Waals surface area contributed by atoms with Gasteiger partial charge in [-0.1, -0.05) is 55.1 Å². The van der Waals surface area contributed by atoms with Gasteiger partial charge in [-0.05, 0) is 18.1 Å². The lowest BCUT2D eigenvalue weighted by Crippen LogP contribution is -2.47. The Morgan fingerprint density at radius 3 is 2.32 bits per heavy atom. The van der Waals surface area contributed by atoms with Crippen molar-refractivity contribution in [1.82, 2.24) is 5.32 Å². The first-order chi connectivity index (χ1) is 11.7. The molecule has 9 heteroatoms. The van der Waals surface area contributed by atoms with Crippen molar-refractivity contribution < 1.29 is 23.9 Å². The van der Waals surface area contributed by atoms with Crippen LogP contribution in [0, 0.1) is 5.92 Å². The van der Waals surface area contributed by atoms with Crippen LogP contribution in [0.4, 0.5) is 0 Å². The molecule has 2 atom stereocenters. The van der Waals surface area contributed by atoms with Gasteiger partial charge in [-0.3, -0.25) is 4.79 Å². The average molecular weight is 411 g/mol. The van der Waals surface area contributed by atoms with E-state index < -0.39 is 30.5 Å². The summed E-state index contributed by atoms with van der Waals surface area (Å²) in [6, 6.07) is 1.99. The Bertz CT molecular complexity index is 665. The van der Waals surface area contributed by atoms with E-state index in [-0.39, 0.29) is 26.5 Å². The van der Waals surface area contributed by atoms with Crippen LogP contribution < -0.4 is 5.32 Å². The van der Waals surface area contributed by atoms with Gasteiger partial charge in [0.15, 0.2) is 6.61 Å². The molecule has 25 heavy (non-hydrogen) atoms. The molecule has 0 fully saturated rings. The summed E-state index contributed by atoms with van der Waals surface area (Å²) in [4.78, 5) is 35.8. The lowest BCUT2D eigenvalue weighted by molar-refractivity contribution is -0.147. The molecule has 0 aliphatic carbocycles. The largest absolute Gasteiger partial charge is 0.467 e. The summed E-state index contributed by atoms with van der Waals surface area (Å²) in [5, 5.41) is 2.60. The number of hydrogen-bond acceptors (Lipinski definition) is 5. The van der Waals surface area contributed by atoms with Crippen LogP contribution in [0.3, 0.4) is 0 Å². The number of amides is 1. The molecule has 1 amide bonds. The molecule has 0 saturated carbocycles. The highest BCUT2D eigenvalue weighted by Crippen LogP contribution is 2.31. The second-order valence-corrected chi connectivity index (χ2v) is 6.44. The number of rotatable bonds is 7. The molecule has 1 aromatic carbocycles. The maximum Gasteiger partial charge on any atom is 0.341 e. The van der Waals surface area contributed by atoms with E-state index in [0.29, 0.717) is 6.42 Å². The van der Waals surface area contributed by atoms with Crippen molar-refractivity contribution in [2.24, 2.45) is 5.92 Å². The summed E-state index contributed by atoms with van der Waals surface area (Å²) < 4.78 is 9.57. The number of carbonyl (C=O) groups is 3. The molecule has 0 spiro atoms.